The van der Waals surface area contributed by atoms with Crippen molar-refractivity contribution in [2.75, 3.05) is 13.1 Å². The van der Waals surface area contributed by atoms with Gasteiger partial charge in [-0.3, -0.25) is 0 Å². The summed E-state index contributed by atoms with van der Waals surface area (Å²) in [6.07, 6.45) is 5.29. The van der Waals surface area contributed by atoms with Gasteiger partial charge in [0.25, 0.3) is 0 Å². The van der Waals surface area contributed by atoms with Gasteiger partial charge in [0.1, 0.15) is 5.67 Å². The van der Waals surface area contributed by atoms with E-state index >= 15 is 0 Å². The van der Waals surface area contributed by atoms with Gasteiger partial charge in [0, 0.05) is 0 Å². The van der Waals surface area contributed by atoms with Crippen molar-refractivity contribution in [2.24, 2.45) is 17.8 Å². The highest BCUT2D eigenvalue weighted by Crippen LogP contribution is 2.52. The number of rotatable bonds is 1. The van der Waals surface area contributed by atoms with Gasteiger partial charge in [-0.2, -0.15) is 0 Å². The van der Waals surface area contributed by atoms with Crippen molar-refractivity contribution < 1.29 is 4.39 Å². The van der Waals surface area contributed by atoms with Gasteiger partial charge >= 0.3 is 0 Å². The van der Waals surface area contributed by atoms with Gasteiger partial charge in [-0.15, -0.1) is 0 Å². The quantitative estimate of drug-likeness (QED) is 0.656. The summed E-state index contributed by atoms with van der Waals surface area (Å²) in [7, 11) is 0. The molecule has 0 spiro atoms. The van der Waals surface area contributed by atoms with Gasteiger partial charge in [0.15, 0.2) is 0 Å². The van der Waals surface area contributed by atoms with E-state index in [1.165, 1.54) is 6.42 Å². The number of halogens is 1. The van der Waals surface area contributed by atoms with E-state index in [2.05, 4.69) is 5.32 Å². The third kappa shape index (κ3) is 1.14. The highest BCUT2D eigenvalue weighted by atomic mass is 19.1. The molecule has 1 N–H and O–H groups in total. The molecule has 3 rings (SSSR count). The van der Waals surface area contributed by atoms with Crippen LogP contribution in [0.5, 0.6) is 0 Å². The lowest BCUT2D eigenvalue weighted by Crippen LogP contribution is -2.36. The number of hydrogen-bond donors (Lipinski definition) is 1. The Morgan fingerprint density at radius 3 is 2.15 bits per heavy atom. The van der Waals surface area contributed by atoms with Crippen LogP contribution in [0.2, 0.25) is 0 Å². The average molecular weight is 183 g/mol. The summed E-state index contributed by atoms with van der Waals surface area (Å²) in [6, 6.07) is 0. The Balaban J connectivity index is 1.73. The fourth-order valence-electron chi connectivity index (χ4n) is 3.48. The molecule has 0 radical (unpaired) electrons. The van der Waals surface area contributed by atoms with Crippen LogP contribution in [0.4, 0.5) is 4.39 Å². The topological polar surface area (TPSA) is 12.0 Å². The van der Waals surface area contributed by atoms with Crippen molar-refractivity contribution in [3.05, 3.63) is 0 Å². The van der Waals surface area contributed by atoms with Crippen LogP contribution in [-0.2, 0) is 0 Å². The Labute approximate surface area is 79.1 Å². The maximum absolute atomic E-state index is 14.5. The van der Waals surface area contributed by atoms with Gasteiger partial charge in [0.2, 0.25) is 0 Å². The molecule has 3 fully saturated rings. The minimum atomic E-state index is -0.754. The zero-order chi connectivity index (χ0) is 8.89. The second kappa shape index (κ2) is 2.69. The van der Waals surface area contributed by atoms with E-state index < -0.39 is 5.67 Å². The van der Waals surface area contributed by atoms with E-state index in [0.717, 1.165) is 38.8 Å². The first-order valence-electron chi connectivity index (χ1n) is 5.67. The molecule has 1 saturated heterocycles. The van der Waals surface area contributed by atoms with E-state index in [1.54, 1.807) is 0 Å². The molecule has 0 aromatic carbocycles. The Bertz CT molecular complexity index is 200. The van der Waals surface area contributed by atoms with Gasteiger partial charge in [-0.1, -0.05) is 6.42 Å². The molecule has 1 aliphatic heterocycles. The van der Waals surface area contributed by atoms with Crippen molar-refractivity contribution in [1.29, 1.82) is 0 Å². The molecular weight excluding hydrogens is 165 g/mol. The first-order valence-corrected chi connectivity index (χ1v) is 5.67. The van der Waals surface area contributed by atoms with Gasteiger partial charge in [-0.25, -0.2) is 4.39 Å². The first-order chi connectivity index (χ1) is 6.28. The van der Waals surface area contributed by atoms with Crippen LogP contribution >= 0.6 is 0 Å². The largest absolute Gasteiger partial charge is 0.316 e. The number of nitrogens with one attached hydrogen (secondary N) is 1. The van der Waals surface area contributed by atoms with Crippen molar-refractivity contribution in [2.45, 2.75) is 37.8 Å². The predicted octanol–water partition coefficient (Wildman–Crippen LogP) is 2.12. The van der Waals surface area contributed by atoms with E-state index in [1.807, 2.05) is 0 Å². The summed E-state index contributed by atoms with van der Waals surface area (Å²) in [4.78, 5) is 0. The van der Waals surface area contributed by atoms with E-state index in [9.17, 15) is 4.39 Å². The molecule has 2 aliphatic carbocycles. The molecule has 13 heavy (non-hydrogen) atoms. The lowest BCUT2D eigenvalue weighted by Gasteiger charge is -2.37. The van der Waals surface area contributed by atoms with E-state index in [-0.39, 0.29) is 0 Å². The van der Waals surface area contributed by atoms with Crippen LogP contribution in [0.1, 0.15) is 32.1 Å². The molecule has 1 heterocycles. The van der Waals surface area contributed by atoms with Crippen LogP contribution in [0, 0.1) is 17.8 Å². The van der Waals surface area contributed by atoms with Crippen LogP contribution in [-0.4, -0.2) is 18.8 Å². The lowest BCUT2D eigenvalue weighted by atomic mass is 9.72. The minimum absolute atomic E-state index is 0.429. The standard InChI is InChI=1S/C11H18FN/c12-11(10-2-1-3-10)4-8-6-13-7-9(8)5-11/h8-10,13H,1-7H2. The molecule has 2 saturated carbocycles. The van der Waals surface area contributed by atoms with Gasteiger partial charge in [-0.05, 0) is 56.5 Å². The van der Waals surface area contributed by atoms with Crippen molar-refractivity contribution in [3.8, 4) is 0 Å². The molecule has 0 bridgehead atoms. The predicted molar refractivity (Wildman–Crippen MR) is 50.3 cm³/mol. The summed E-state index contributed by atoms with van der Waals surface area (Å²) in [5.41, 5.74) is -0.754. The summed E-state index contributed by atoms with van der Waals surface area (Å²) in [5, 5.41) is 3.37. The van der Waals surface area contributed by atoms with E-state index in [0.29, 0.717) is 17.8 Å². The smallest absolute Gasteiger partial charge is 0.114 e. The third-order valence-corrected chi connectivity index (χ3v) is 4.52. The molecular formula is C11H18FN. The monoisotopic (exact) mass is 183 g/mol. The summed E-state index contributed by atoms with van der Waals surface area (Å²) in [5.74, 6) is 1.74. The summed E-state index contributed by atoms with van der Waals surface area (Å²) >= 11 is 0. The normalized spacial score (nSPS) is 50.5. The maximum atomic E-state index is 14.5. The highest BCUT2D eigenvalue weighted by Gasteiger charge is 2.52. The Morgan fingerprint density at radius 1 is 1.08 bits per heavy atom. The van der Waals surface area contributed by atoms with Crippen molar-refractivity contribution in [3.63, 3.8) is 0 Å². The SMILES string of the molecule is FC1(C2CCC2)CC2CNCC2C1. The van der Waals surface area contributed by atoms with Crippen LogP contribution < -0.4 is 5.32 Å². The van der Waals surface area contributed by atoms with Crippen molar-refractivity contribution in [1.82, 2.24) is 5.32 Å². The summed E-state index contributed by atoms with van der Waals surface area (Å²) in [6.45, 7) is 2.14. The molecule has 2 heteroatoms. The molecule has 2 unspecified atom stereocenters. The zero-order valence-electron chi connectivity index (χ0n) is 8.06. The van der Waals surface area contributed by atoms with E-state index in [4.69, 9.17) is 0 Å². The molecule has 0 amide bonds. The van der Waals surface area contributed by atoms with Gasteiger partial charge in [0.05, 0.1) is 0 Å². The van der Waals surface area contributed by atoms with Crippen molar-refractivity contribution >= 4 is 0 Å². The molecule has 1 nitrogen and oxygen atoms in total. The minimum Gasteiger partial charge on any atom is -0.316 e. The van der Waals surface area contributed by atoms with Crippen LogP contribution in [0.25, 0.3) is 0 Å². The van der Waals surface area contributed by atoms with Gasteiger partial charge < -0.3 is 5.32 Å². The molecule has 3 aliphatic rings. The Kier molecular flexibility index (Phi) is 1.70. The Hall–Kier alpha value is -0.110. The summed E-state index contributed by atoms with van der Waals surface area (Å²) < 4.78 is 14.5. The number of fused-ring (bicyclic) bond motifs is 1. The zero-order valence-corrected chi connectivity index (χ0v) is 8.06. The second-order valence-electron chi connectivity index (χ2n) is 5.25. The molecule has 0 aromatic heterocycles. The fourth-order valence-corrected chi connectivity index (χ4v) is 3.48. The first kappa shape index (κ1) is 8.22. The average Bonchev–Trinajstić information content (AvgIpc) is 2.39. The fraction of sp³-hybridized carbons (Fsp3) is 1.00. The Morgan fingerprint density at radius 2 is 1.69 bits per heavy atom. The van der Waals surface area contributed by atoms with Crippen LogP contribution in [0.3, 0.4) is 0 Å². The lowest BCUT2D eigenvalue weighted by molar-refractivity contribution is 0.0309. The molecule has 0 aromatic rings. The molecule has 2 atom stereocenters. The molecule has 74 valence electrons. The second-order valence-corrected chi connectivity index (χ2v) is 5.25. The maximum Gasteiger partial charge on any atom is 0.114 e. The van der Waals surface area contributed by atoms with Crippen LogP contribution in [0.15, 0.2) is 0 Å². The number of alkyl halides is 1. The third-order valence-electron chi connectivity index (χ3n) is 4.52. The number of hydrogen-bond acceptors (Lipinski definition) is 1. The highest BCUT2D eigenvalue weighted by molar-refractivity contribution is 5.04.